The molecule has 0 aromatic heterocycles. The van der Waals surface area contributed by atoms with E-state index in [0.29, 0.717) is 58.0 Å². The number of nitrogens with zero attached hydrogens (tertiary/aromatic N) is 3. The molecule has 20 nitrogen and oxygen atoms in total. The summed E-state index contributed by atoms with van der Waals surface area (Å²) in [6.07, 6.45) is 1.72. The van der Waals surface area contributed by atoms with Crippen LogP contribution in [0.2, 0.25) is 0 Å². The number of hydrogen-bond donors (Lipinski definition) is 8. The standard InChI is InChI=1S/C36H56N8O12/c1-19(2)28(35(54)43-16-6-10-24(43)34(53)44-17-7-11-25(44)36(55)56)40-30(49)21(12-13-27(47)48)39-26(46)18-38-32(51)29(20(3)45)41-31(50)23-9-5-15-42(23)33(52)22-8-4-14-37-22/h19-25,28-29,37,45H,4-18H2,1-3H3,(H,38,51)(H,39,46)(H,40,49)(H,41,50)(H,47,48)(H,55,56)/t20-,21+,22+,23+,24+,25+,28+,29+/m1/s1. The molecule has 4 saturated heterocycles. The van der Waals surface area contributed by atoms with Crippen molar-refractivity contribution in [2.24, 2.45) is 5.92 Å². The van der Waals surface area contributed by atoms with Crippen LogP contribution in [0.4, 0.5) is 0 Å². The summed E-state index contributed by atoms with van der Waals surface area (Å²) in [6.45, 7) is 5.36. The van der Waals surface area contributed by atoms with Crippen molar-refractivity contribution in [1.82, 2.24) is 41.3 Å². The van der Waals surface area contributed by atoms with Crippen LogP contribution in [0.1, 0.15) is 85.0 Å². The molecule has 0 aromatic rings. The lowest BCUT2D eigenvalue weighted by Gasteiger charge is -2.33. The molecule has 0 saturated carbocycles. The van der Waals surface area contributed by atoms with E-state index < -0.39 is 109 Å². The lowest BCUT2D eigenvalue weighted by atomic mass is 10.0. The van der Waals surface area contributed by atoms with Gasteiger partial charge in [0.25, 0.3) is 0 Å². The fourth-order valence-corrected chi connectivity index (χ4v) is 7.82. The van der Waals surface area contributed by atoms with Gasteiger partial charge >= 0.3 is 11.9 Å². The van der Waals surface area contributed by atoms with Gasteiger partial charge in [-0.3, -0.25) is 38.4 Å². The Balaban J connectivity index is 1.36. The van der Waals surface area contributed by atoms with E-state index in [-0.39, 0.29) is 31.5 Å². The molecular weight excluding hydrogens is 736 g/mol. The highest BCUT2D eigenvalue weighted by molar-refractivity contribution is 5.97. The maximum atomic E-state index is 13.9. The van der Waals surface area contributed by atoms with Gasteiger partial charge in [0.1, 0.15) is 36.3 Å². The monoisotopic (exact) mass is 792 g/mol. The van der Waals surface area contributed by atoms with Crippen molar-refractivity contribution in [1.29, 1.82) is 0 Å². The van der Waals surface area contributed by atoms with Crippen LogP contribution in [-0.2, 0) is 43.2 Å². The van der Waals surface area contributed by atoms with Crippen LogP contribution in [-0.4, -0.2) is 164 Å². The van der Waals surface area contributed by atoms with Crippen molar-refractivity contribution >= 4 is 53.3 Å². The summed E-state index contributed by atoms with van der Waals surface area (Å²) in [6, 6.07) is -7.29. The third-order valence-electron chi connectivity index (χ3n) is 10.9. The second-order valence-corrected chi connectivity index (χ2v) is 15.3. The van der Waals surface area contributed by atoms with E-state index in [1.54, 1.807) is 13.8 Å². The number of aliphatic hydroxyl groups is 1. The van der Waals surface area contributed by atoms with Crippen molar-refractivity contribution < 1.29 is 58.5 Å². The zero-order chi connectivity index (χ0) is 41.3. The molecule has 4 rings (SSSR count). The van der Waals surface area contributed by atoms with Crippen LogP contribution in [0.5, 0.6) is 0 Å². The molecule has 0 spiro atoms. The molecule has 8 N–H and O–H groups in total. The van der Waals surface area contributed by atoms with Crippen molar-refractivity contribution in [3.8, 4) is 0 Å². The number of aliphatic carboxylic acids is 2. The van der Waals surface area contributed by atoms with Crippen LogP contribution in [0.25, 0.3) is 0 Å². The zero-order valence-corrected chi connectivity index (χ0v) is 32.2. The molecule has 4 fully saturated rings. The van der Waals surface area contributed by atoms with Crippen molar-refractivity contribution in [2.75, 3.05) is 32.7 Å². The number of rotatable bonds is 17. The molecule has 20 heteroatoms. The summed E-state index contributed by atoms with van der Waals surface area (Å²) >= 11 is 0. The summed E-state index contributed by atoms with van der Waals surface area (Å²) < 4.78 is 0. The molecule has 8 atom stereocenters. The lowest BCUT2D eigenvalue weighted by molar-refractivity contribution is -0.152. The highest BCUT2D eigenvalue weighted by Gasteiger charge is 2.45. The van der Waals surface area contributed by atoms with Gasteiger partial charge in [-0.1, -0.05) is 13.8 Å². The summed E-state index contributed by atoms with van der Waals surface area (Å²) in [5.41, 5.74) is 0. The lowest BCUT2D eigenvalue weighted by Crippen LogP contribution is -2.60. The first-order chi connectivity index (χ1) is 26.5. The molecule has 312 valence electrons. The normalized spacial score (nSPS) is 24.3. The Labute approximate surface area is 324 Å². The Morgan fingerprint density at radius 2 is 1.30 bits per heavy atom. The van der Waals surface area contributed by atoms with Crippen LogP contribution in [0, 0.1) is 5.92 Å². The largest absolute Gasteiger partial charge is 0.481 e. The molecule has 0 unspecified atom stereocenters. The average Bonchev–Trinajstić information content (AvgIpc) is 3.99. The Morgan fingerprint density at radius 1 is 0.696 bits per heavy atom. The first-order valence-corrected chi connectivity index (χ1v) is 19.5. The third-order valence-corrected chi connectivity index (χ3v) is 10.9. The maximum Gasteiger partial charge on any atom is 0.326 e. The third kappa shape index (κ3) is 10.9. The fraction of sp³-hybridized carbons (Fsp3) is 0.750. The first-order valence-electron chi connectivity index (χ1n) is 19.5. The molecule has 0 radical (unpaired) electrons. The van der Waals surface area contributed by atoms with Gasteiger partial charge in [0.15, 0.2) is 0 Å². The number of hydrogen-bond acceptors (Lipinski definition) is 11. The Hall–Kier alpha value is -4.85. The molecule has 7 amide bonds. The number of likely N-dealkylation sites (tertiary alicyclic amines) is 3. The van der Waals surface area contributed by atoms with E-state index in [1.807, 2.05) is 0 Å². The van der Waals surface area contributed by atoms with Gasteiger partial charge in [-0.25, -0.2) is 4.79 Å². The SMILES string of the molecule is CC(C)[C@H](NC(=O)[C@H](CCC(=O)O)NC(=O)CNC(=O)[C@@H](NC(=O)[C@@H]1CCCN1C(=O)[C@@H]1CCCN1)[C@@H](C)O)C(=O)N1CCC[C@H]1C(=O)N1CCC[C@H]1C(=O)O. The number of amides is 7. The van der Waals surface area contributed by atoms with Crippen molar-refractivity contribution in [3.05, 3.63) is 0 Å². The van der Waals surface area contributed by atoms with Crippen LogP contribution in [0.15, 0.2) is 0 Å². The smallest absolute Gasteiger partial charge is 0.326 e. The summed E-state index contributed by atoms with van der Waals surface area (Å²) in [5, 5.41) is 42.2. The number of carbonyl (C=O) groups is 9. The minimum atomic E-state index is -1.50. The van der Waals surface area contributed by atoms with Crippen LogP contribution < -0.4 is 26.6 Å². The molecule has 4 aliphatic rings. The zero-order valence-electron chi connectivity index (χ0n) is 32.2. The van der Waals surface area contributed by atoms with E-state index in [0.717, 1.165) is 6.42 Å². The van der Waals surface area contributed by atoms with E-state index >= 15 is 0 Å². The van der Waals surface area contributed by atoms with Gasteiger partial charge in [0.2, 0.25) is 41.4 Å². The maximum absolute atomic E-state index is 13.9. The minimum Gasteiger partial charge on any atom is -0.481 e. The topological polar surface area (TPSA) is 284 Å². The molecular formula is C36H56N8O12. The van der Waals surface area contributed by atoms with E-state index in [9.17, 15) is 58.5 Å². The molecule has 4 heterocycles. The van der Waals surface area contributed by atoms with Crippen molar-refractivity contribution in [3.63, 3.8) is 0 Å². The van der Waals surface area contributed by atoms with Crippen LogP contribution >= 0.6 is 0 Å². The van der Waals surface area contributed by atoms with Gasteiger partial charge in [-0.2, -0.15) is 0 Å². The average molecular weight is 793 g/mol. The summed E-state index contributed by atoms with van der Waals surface area (Å²) in [4.78, 5) is 121. The van der Waals surface area contributed by atoms with Gasteiger partial charge in [0, 0.05) is 26.1 Å². The van der Waals surface area contributed by atoms with Gasteiger partial charge in [-0.15, -0.1) is 0 Å². The molecule has 0 bridgehead atoms. The second kappa shape index (κ2) is 19.8. The van der Waals surface area contributed by atoms with Crippen molar-refractivity contribution in [2.45, 2.75) is 133 Å². The fourth-order valence-electron chi connectivity index (χ4n) is 7.82. The van der Waals surface area contributed by atoms with Gasteiger partial charge < -0.3 is 56.6 Å². The van der Waals surface area contributed by atoms with Gasteiger partial charge in [-0.05, 0) is 77.2 Å². The van der Waals surface area contributed by atoms with Gasteiger partial charge in [0.05, 0.1) is 18.7 Å². The number of aliphatic hydroxyl groups excluding tert-OH is 1. The van der Waals surface area contributed by atoms with Crippen LogP contribution in [0.3, 0.4) is 0 Å². The number of carboxylic acids is 2. The first kappa shape index (κ1) is 43.9. The molecule has 56 heavy (non-hydrogen) atoms. The Kier molecular flexibility index (Phi) is 15.5. The second-order valence-electron chi connectivity index (χ2n) is 15.3. The minimum absolute atomic E-state index is 0.196. The van der Waals surface area contributed by atoms with E-state index in [1.165, 1.54) is 21.6 Å². The highest BCUT2D eigenvalue weighted by Crippen LogP contribution is 2.27. The Morgan fingerprint density at radius 3 is 1.88 bits per heavy atom. The number of carbonyl (C=O) groups excluding carboxylic acids is 7. The van der Waals surface area contributed by atoms with E-state index in [2.05, 4.69) is 26.6 Å². The quantitative estimate of drug-likeness (QED) is 0.0744. The molecule has 0 aromatic carbocycles. The number of carboxylic acid groups (broad SMARTS) is 2. The predicted octanol–water partition coefficient (Wildman–Crippen LogP) is -2.73. The highest BCUT2D eigenvalue weighted by atomic mass is 16.4. The molecule has 4 aliphatic heterocycles. The summed E-state index contributed by atoms with van der Waals surface area (Å²) in [7, 11) is 0. The summed E-state index contributed by atoms with van der Waals surface area (Å²) in [5.74, 6) is -7.53. The Bertz CT molecular complexity index is 1520. The predicted molar refractivity (Wildman–Crippen MR) is 195 cm³/mol. The van der Waals surface area contributed by atoms with E-state index in [4.69, 9.17) is 0 Å². The molecule has 0 aliphatic carbocycles. The number of nitrogens with one attached hydrogen (secondary N) is 5.